The molecule has 1 aliphatic heterocycles. The predicted molar refractivity (Wildman–Crippen MR) is 133 cm³/mol. The lowest BCUT2D eigenvalue weighted by atomic mass is 10.1. The van der Waals surface area contributed by atoms with Crippen molar-refractivity contribution >= 4 is 29.1 Å². The molecule has 1 N–H and O–H groups in total. The fourth-order valence-corrected chi connectivity index (χ4v) is 4.91. The Hall–Kier alpha value is -3.16. The van der Waals surface area contributed by atoms with Gasteiger partial charge in [0.1, 0.15) is 0 Å². The molecule has 0 spiro atoms. The number of nitrogens with zero attached hydrogens (tertiary/aromatic N) is 4. The van der Waals surface area contributed by atoms with E-state index in [9.17, 15) is 9.59 Å². The van der Waals surface area contributed by atoms with Crippen LogP contribution in [-0.2, 0) is 17.6 Å². The van der Waals surface area contributed by atoms with Gasteiger partial charge in [0.25, 0.3) is 5.91 Å². The Morgan fingerprint density at radius 1 is 1.00 bits per heavy atom. The summed E-state index contributed by atoms with van der Waals surface area (Å²) in [6.45, 7) is 4.76. The summed E-state index contributed by atoms with van der Waals surface area (Å²) in [5.41, 5.74) is 5.63. The molecule has 0 atom stereocenters. The maximum absolute atomic E-state index is 13.4. The molecule has 2 heterocycles. The predicted octanol–water partition coefficient (Wildman–Crippen LogP) is 3.72. The molecule has 0 unspecified atom stereocenters. The number of nitrogens with one attached hydrogen (secondary N) is 1. The topological polar surface area (TPSA) is 70.5 Å². The molecule has 1 fully saturated rings. The van der Waals surface area contributed by atoms with Crippen molar-refractivity contribution in [2.24, 2.45) is 0 Å². The Bertz CT molecular complexity index is 1210. The second-order valence-electron chi connectivity index (χ2n) is 8.97. The highest BCUT2D eigenvalue weighted by atomic mass is 35.5. The third-order valence-electron chi connectivity index (χ3n) is 6.59. The van der Waals surface area contributed by atoms with E-state index in [2.05, 4.69) is 41.4 Å². The minimum atomic E-state index is -0.109. The number of hydrogen-bond donors (Lipinski definition) is 1. The summed E-state index contributed by atoms with van der Waals surface area (Å²) >= 11 is 6.13. The molecule has 5 rings (SSSR count). The molecule has 0 radical (unpaired) electrons. The van der Waals surface area contributed by atoms with Crippen LogP contribution in [0.5, 0.6) is 0 Å². The zero-order valence-corrected chi connectivity index (χ0v) is 20.0. The molecule has 1 aromatic heterocycles. The molecule has 1 aliphatic carbocycles. The number of hydrogen-bond acceptors (Lipinski definition) is 4. The highest BCUT2D eigenvalue weighted by molar-refractivity contribution is 6.33. The van der Waals surface area contributed by atoms with Gasteiger partial charge in [0.05, 0.1) is 22.9 Å². The Morgan fingerprint density at radius 2 is 1.74 bits per heavy atom. The lowest BCUT2D eigenvalue weighted by molar-refractivity contribution is -0.117. The Balaban J connectivity index is 1.22. The Morgan fingerprint density at radius 3 is 2.47 bits per heavy atom. The van der Waals surface area contributed by atoms with Gasteiger partial charge >= 0.3 is 0 Å². The van der Waals surface area contributed by atoms with Crippen molar-refractivity contribution in [3.63, 3.8) is 0 Å². The highest BCUT2D eigenvalue weighted by Crippen LogP contribution is 2.29. The van der Waals surface area contributed by atoms with Crippen LogP contribution >= 0.6 is 11.6 Å². The maximum atomic E-state index is 13.4. The number of aryl methyl sites for hydroxylation is 1. The summed E-state index contributed by atoms with van der Waals surface area (Å²) < 4.78 is 1.95. The summed E-state index contributed by atoms with van der Waals surface area (Å²) in [7, 11) is 0. The molecule has 0 saturated carbocycles. The van der Waals surface area contributed by atoms with Gasteiger partial charge in [-0.3, -0.25) is 14.5 Å². The molecule has 2 aromatic carbocycles. The van der Waals surface area contributed by atoms with Crippen LogP contribution in [-0.4, -0.2) is 64.1 Å². The van der Waals surface area contributed by atoms with E-state index < -0.39 is 0 Å². The number of amides is 2. The van der Waals surface area contributed by atoms with E-state index in [0.29, 0.717) is 42.6 Å². The first kappa shape index (κ1) is 22.6. The van der Waals surface area contributed by atoms with E-state index in [1.165, 1.54) is 5.56 Å². The third kappa shape index (κ3) is 4.58. The smallest absolute Gasteiger partial charge is 0.274 e. The number of halogens is 1. The van der Waals surface area contributed by atoms with Gasteiger partial charge in [0, 0.05) is 37.4 Å². The third-order valence-corrected chi connectivity index (χ3v) is 6.92. The highest BCUT2D eigenvalue weighted by Gasteiger charge is 2.31. The average molecular weight is 478 g/mol. The number of anilines is 1. The van der Waals surface area contributed by atoms with Crippen LogP contribution in [0.25, 0.3) is 5.69 Å². The standard InChI is InChI=1S/C26H28ClN5O2/c1-18-9-11-19(12-10-18)32-23-8-4-5-20(23)25(29-32)26(34)31-15-13-30(14-16-31)17-24(33)28-22-7-3-2-6-21(22)27/h2-3,6-7,9-12H,4-5,8,13-17H2,1H3,(H,28,33). The molecule has 3 aromatic rings. The van der Waals surface area contributed by atoms with E-state index >= 15 is 0 Å². The van der Waals surface area contributed by atoms with E-state index in [4.69, 9.17) is 16.7 Å². The molecule has 7 nitrogen and oxygen atoms in total. The number of aromatic nitrogens is 2. The Labute approximate surface area is 204 Å². The number of carbonyl (C=O) groups is 2. The summed E-state index contributed by atoms with van der Waals surface area (Å²) in [6.07, 6.45) is 2.88. The van der Waals surface area contributed by atoms with Crippen molar-refractivity contribution in [2.75, 3.05) is 38.0 Å². The maximum Gasteiger partial charge on any atom is 0.274 e. The van der Waals surface area contributed by atoms with E-state index in [0.717, 1.165) is 36.2 Å². The normalized spacial score (nSPS) is 15.9. The first-order valence-electron chi connectivity index (χ1n) is 11.7. The van der Waals surface area contributed by atoms with E-state index in [-0.39, 0.29) is 18.4 Å². The molecule has 34 heavy (non-hydrogen) atoms. The van der Waals surface area contributed by atoms with Crippen LogP contribution in [0, 0.1) is 6.92 Å². The first-order valence-corrected chi connectivity index (χ1v) is 12.1. The van der Waals surface area contributed by atoms with E-state index in [1.54, 1.807) is 12.1 Å². The quantitative estimate of drug-likeness (QED) is 0.608. The number of piperazine rings is 1. The number of para-hydroxylation sites is 1. The zero-order chi connectivity index (χ0) is 23.7. The van der Waals surface area contributed by atoms with Gasteiger partial charge in [0.15, 0.2) is 5.69 Å². The molecule has 176 valence electrons. The van der Waals surface area contributed by atoms with Crippen LogP contribution in [0.15, 0.2) is 48.5 Å². The van der Waals surface area contributed by atoms with Gasteiger partial charge < -0.3 is 10.2 Å². The lowest BCUT2D eigenvalue weighted by Crippen LogP contribution is -2.50. The second kappa shape index (κ2) is 9.60. The van der Waals surface area contributed by atoms with Gasteiger partial charge in [-0.1, -0.05) is 41.4 Å². The minimum absolute atomic E-state index is 0.0100. The van der Waals surface area contributed by atoms with Crippen LogP contribution in [0.2, 0.25) is 5.02 Å². The van der Waals surface area contributed by atoms with Crippen molar-refractivity contribution < 1.29 is 9.59 Å². The molecule has 2 aliphatic rings. The molecule has 2 amide bonds. The van der Waals surface area contributed by atoms with Gasteiger partial charge in [-0.05, 0) is 50.5 Å². The zero-order valence-electron chi connectivity index (χ0n) is 19.3. The number of rotatable bonds is 5. The van der Waals surface area contributed by atoms with Crippen molar-refractivity contribution in [1.29, 1.82) is 0 Å². The summed E-state index contributed by atoms with van der Waals surface area (Å²) in [6, 6.07) is 15.4. The monoisotopic (exact) mass is 477 g/mol. The number of fused-ring (bicyclic) bond motifs is 1. The van der Waals surface area contributed by atoms with Gasteiger partial charge in [-0.15, -0.1) is 0 Å². The van der Waals surface area contributed by atoms with Crippen LogP contribution in [0.1, 0.15) is 33.7 Å². The molecule has 8 heteroatoms. The first-order chi connectivity index (χ1) is 16.5. The van der Waals surface area contributed by atoms with Crippen molar-refractivity contribution in [2.45, 2.75) is 26.2 Å². The van der Waals surface area contributed by atoms with Crippen molar-refractivity contribution in [1.82, 2.24) is 19.6 Å². The molecule has 1 saturated heterocycles. The fraction of sp³-hybridized carbons (Fsp3) is 0.346. The lowest BCUT2D eigenvalue weighted by Gasteiger charge is -2.34. The SMILES string of the molecule is Cc1ccc(-n2nc(C(=O)N3CCN(CC(=O)Nc4ccccc4Cl)CC3)c3c2CCC3)cc1. The van der Waals surface area contributed by atoms with Crippen LogP contribution < -0.4 is 5.32 Å². The average Bonchev–Trinajstić information content (AvgIpc) is 3.44. The van der Waals surface area contributed by atoms with Gasteiger partial charge in [-0.25, -0.2) is 4.68 Å². The fourth-order valence-electron chi connectivity index (χ4n) is 4.72. The number of carbonyl (C=O) groups excluding carboxylic acids is 2. The molecule has 0 bridgehead atoms. The largest absolute Gasteiger partial charge is 0.335 e. The Kier molecular flexibility index (Phi) is 6.39. The molecular formula is C26H28ClN5O2. The van der Waals surface area contributed by atoms with Crippen molar-refractivity contribution in [3.8, 4) is 5.69 Å². The number of benzene rings is 2. The summed E-state index contributed by atoms with van der Waals surface area (Å²) in [5, 5.41) is 8.14. The van der Waals surface area contributed by atoms with Gasteiger partial charge in [-0.2, -0.15) is 5.10 Å². The molecular weight excluding hydrogens is 450 g/mol. The summed E-state index contributed by atoms with van der Waals surface area (Å²) in [5.74, 6) is -0.119. The van der Waals surface area contributed by atoms with Crippen molar-refractivity contribution in [3.05, 3.63) is 76.1 Å². The summed E-state index contributed by atoms with van der Waals surface area (Å²) in [4.78, 5) is 29.8. The van der Waals surface area contributed by atoms with E-state index in [1.807, 2.05) is 21.7 Å². The van der Waals surface area contributed by atoms with Gasteiger partial charge in [0.2, 0.25) is 5.91 Å². The van der Waals surface area contributed by atoms with Crippen LogP contribution in [0.4, 0.5) is 5.69 Å². The second-order valence-corrected chi connectivity index (χ2v) is 9.38. The van der Waals surface area contributed by atoms with Crippen LogP contribution in [0.3, 0.4) is 0 Å². The minimum Gasteiger partial charge on any atom is -0.335 e.